The van der Waals surface area contributed by atoms with E-state index in [-0.39, 0.29) is 5.96 Å². The largest absolute Gasteiger partial charge is 0.370 e. The molecule has 4 aromatic rings. The molecule has 0 atom stereocenters. The Morgan fingerprint density at radius 3 is 2.03 bits per heavy atom. The number of hydrogen-bond donors (Lipinski definition) is 3. The summed E-state index contributed by atoms with van der Waals surface area (Å²) in [6.07, 6.45) is 3.85. The summed E-state index contributed by atoms with van der Waals surface area (Å²) in [5.74, 6) is 1.56. The number of hydrogen-bond acceptors (Lipinski definition) is 4. The Labute approximate surface area is 200 Å². The minimum atomic E-state index is 0.0364. The van der Waals surface area contributed by atoms with Gasteiger partial charge in [0, 0.05) is 23.9 Å². The summed E-state index contributed by atoms with van der Waals surface area (Å²) < 4.78 is 0. The lowest BCUT2D eigenvalue weighted by atomic mass is 10.1. The van der Waals surface area contributed by atoms with Crippen LogP contribution in [-0.4, -0.2) is 22.5 Å². The van der Waals surface area contributed by atoms with Crippen molar-refractivity contribution in [2.24, 2.45) is 16.5 Å². The molecule has 0 saturated heterocycles. The van der Waals surface area contributed by atoms with Crippen LogP contribution in [0.2, 0.25) is 0 Å². The van der Waals surface area contributed by atoms with E-state index in [2.05, 4.69) is 64.9 Å². The minimum absolute atomic E-state index is 0.0364. The maximum atomic E-state index is 5.49. The summed E-state index contributed by atoms with van der Waals surface area (Å²) >= 11 is 0. The first-order valence-electron chi connectivity index (χ1n) is 11.6. The molecular weight excluding hydrogens is 420 g/mol. The number of aryl methyl sites for hydroxylation is 2. The number of guanidine groups is 1. The van der Waals surface area contributed by atoms with Gasteiger partial charge in [0.05, 0.1) is 5.69 Å². The highest BCUT2D eigenvalue weighted by molar-refractivity contribution is 5.79. The second-order valence-electron chi connectivity index (χ2n) is 8.15. The number of benzene rings is 3. The van der Waals surface area contributed by atoms with Crippen LogP contribution in [0.15, 0.2) is 96.0 Å². The molecule has 3 aromatic carbocycles. The highest BCUT2D eigenvalue weighted by atomic mass is 15.0. The van der Waals surface area contributed by atoms with Gasteiger partial charge in [0.15, 0.2) is 11.8 Å². The molecule has 0 aliphatic heterocycles. The van der Waals surface area contributed by atoms with E-state index in [0.717, 1.165) is 49.3 Å². The summed E-state index contributed by atoms with van der Waals surface area (Å²) in [6, 6.07) is 30.7. The van der Waals surface area contributed by atoms with E-state index in [4.69, 9.17) is 21.4 Å². The number of rotatable bonds is 10. The zero-order valence-corrected chi connectivity index (χ0v) is 19.2. The van der Waals surface area contributed by atoms with Gasteiger partial charge >= 0.3 is 0 Å². The number of nitrogens with two attached hydrogens (primary N) is 2. The van der Waals surface area contributed by atoms with Gasteiger partial charge in [0.1, 0.15) is 5.82 Å². The molecule has 5 N–H and O–H groups in total. The molecule has 0 aliphatic rings. The van der Waals surface area contributed by atoms with E-state index < -0.39 is 0 Å². The van der Waals surface area contributed by atoms with Crippen LogP contribution in [0, 0.1) is 0 Å². The van der Waals surface area contributed by atoms with Crippen LogP contribution >= 0.6 is 0 Å². The van der Waals surface area contributed by atoms with Gasteiger partial charge in [-0.15, -0.1) is 0 Å². The summed E-state index contributed by atoms with van der Waals surface area (Å²) in [7, 11) is 0. The topological polar surface area (TPSA) is 102 Å². The van der Waals surface area contributed by atoms with Crippen LogP contribution in [0.3, 0.4) is 0 Å². The number of nitrogens with zero attached hydrogens (tertiary/aromatic N) is 3. The van der Waals surface area contributed by atoms with Crippen molar-refractivity contribution in [3.63, 3.8) is 0 Å². The first-order valence-corrected chi connectivity index (χ1v) is 11.6. The van der Waals surface area contributed by atoms with E-state index in [1.54, 1.807) is 0 Å². The van der Waals surface area contributed by atoms with E-state index in [1.165, 1.54) is 11.1 Å². The smallest absolute Gasteiger partial charge is 0.191 e. The average Bonchev–Trinajstić information content (AvgIpc) is 2.85. The van der Waals surface area contributed by atoms with Gasteiger partial charge < -0.3 is 16.8 Å². The number of aliphatic imine (C=N–C) groups is 1. The molecule has 1 aromatic heterocycles. The van der Waals surface area contributed by atoms with Gasteiger partial charge in [-0.2, -0.15) is 0 Å². The number of anilines is 1. The van der Waals surface area contributed by atoms with E-state index >= 15 is 0 Å². The maximum Gasteiger partial charge on any atom is 0.191 e. The standard InChI is InChI=1S/C28H30N6/c29-28(30)33-24-16-14-23(15-17-24)27-32-25(13-7-12-21-8-3-1-4-9-21)20-26(34-27)31-19-18-22-10-5-2-6-11-22/h1-6,8-11,14-17,20H,7,12-13,18-19H2,(H4,29,30,33)(H,31,32,34). The molecule has 6 heteroatoms. The van der Waals surface area contributed by atoms with Crippen molar-refractivity contribution < 1.29 is 0 Å². The number of nitrogens with one attached hydrogen (secondary N) is 1. The molecule has 0 unspecified atom stereocenters. The van der Waals surface area contributed by atoms with Crippen molar-refractivity contribution in [3.05, 3.63) is 108 Å². The summed E-state index contributed by atoms with van der Waals surface area (Å²) in [5.41, 5.74) is 16.2. The Balaban J connectivity index is 1.50. The van der Waals surface area contributed by atoms with Crippen LogP contribution in [0.4, 0.5) is 11.5 Å². The van der Waals surface area contributed by atoms with Crippen molar-refractivity contribution in [2.45, 2.75) is 25.7 Å². The Bertz CT molecular complexity index is 1140. The molecular formula is C28H30N6. The van der Waals surface area contributed by atoms with Crippen molar-refractivity contribution >= 4 is 17.5 Å². The summed E-state index contributed by atoms with van der Waals surface area (Å²) in [5, 5.41) is 3.48. The highest BCUT2D eigenvalue weighted by Crippen LogP contribution is 2.22. The predicted octanol–water partition coefficient (Wildman–Crippen LogP) is 4.88. The molecule has 0 aliphatic carbocycles. The lowest BCUT2D eigenvalue weighted by Crippen LogP contribution is -2.21. The van der Waals surface area contributed by atoms with Gasteiger partial charge in [-0.3, -0.25) is 0 Å². The molecule has 0 amide bonds. The van der Waals surface area contributed by atoms with Crippen molar-refractivity contribution in [3.8, 4) is 11.4 Å². The third-order valence-corrected chi connectivity index (χ3v) is 5.47. The van der Waals surface area contributed by atoms with Gasteiger partial charge in [-0.25, -0.2) is 15.0 Å². The van der Waals surface area contributed by atoms with Gasteiger partial charge in [-0.05, 0) is 61.1 Å². The molecule has 34 heavy (non-hydrogen) atoms. The van der Waals surface area contributed by atoms with Crippen LogP contribution in [0.25, 0.3) is 11.4 Å². The third-order valence-electron chi connectivity index (χ3n) is 5.47. The fourth-order valence-electron chi connectivity index (χ4n) is 3.78. The molecule has 0 bridgehead atoms. The lowest BCUT2D eigenvalue weighted by molar-refractivity contribution is 0.796. The van der Waals surface area contributed by atoms with Crippen molar-refractivity contribution in [1.29, 1.82) is 0 Å². The fourth-order valence-corrected chi connectivity index (χ4v) is 3.78. The second-order valence-corrected chi connectivity index (χ2v) is 8.15. The fraction of sp³-hybridized carbons (Fsp3) is 0.179. The molecule has 0 spiro atoms. The summed E-state index contributed by atoms with van der Waals surface area (Å²) in [4.78, 5) is 13.7. The Morgan fingerprint density at radius 2 is 1.38 bits per heavy atom. The molecule has 1 heterocycles. The quantitative estimate of drug-likeness (QED) is 0.236. The van der Waals surface area contributed by atoms with Crippen LogP contribution in [0.5, 0.6) is 0 Å². The van der Waals surface area contributed by atoms with Crippen LogP contribution in [-0.2, 0) is 19.3 Å². The normalized spacial score (nSPS) is 10.6. The second kappa shape index (κ2) is 11.6. The van der Waals surface area contributed by atoms with Crippen molar-refractivity contribution in [2.75, 3.05) is 11.9 Å². The highest BCUT2D eigenvalue weighted by Gasteiger charge is 2.08. The first kappa shape index (κ1) is 23.0. The van der Waals surface area contributed by atoms with Crippen LogP contribution < -0.4 is 16.8 Å². The zero-order valence-electron chi connectivity index (χ0n) is 19.2. The zero-order chi connectivity index (χ0) is 23.6. The Kier molecular flexibility index (Phi) is 7.85. The average molecular weight is 451 g/mol. The molecule has 0 fully saturated rings. The Morgan fingerprint density at radius 1 is 0.735 bits per heavy atom. The Hall–Kier alpha value is -4.19. The SMILES string of the molecule is NC(N)=Nc1ccc(-c2nc(CCCc3ccccc3)cc(NCCc3ccccc3)n2)cc1. The minimum Gasteiger partial charge on any atom is -0.370 e. The molecule has 0 radical (unpaired) electrons. The van der Waals surface area contributed by atoms with E-state index in [0.29, 0.717) is 11.5 Å². The predicted molar refractivity (Wildman–Crippen MR) is 140 cm³/mol. The molecule has 4 rings (SSSR count). The van der Waals surface area contributed by atoms with Gasteiger partial charge in [0.2, 0.25) is 0 Å². The lowest BCUT2D eigenvalue weighted by Gasteiger charge is -2.11. The van der Waals surface area contributed by atoms with Crippen LogP contribution in [0.1, 0.15) is 23.2 Å². The molecule has 6 nitrogen and oxygen atoms in total. The molecule has 0 saturated carbocycles. The molecule has 172 valence electrons. The van der Waals surface area contributed by atoms with Gasteiger partial charge in [-0.1, -0.05) is 60.7 Å². The van der Waals surface area contributed by atoms with Crippen molar-refractivity contribution in [1.82, 2.24) is 9.97 Å². The summed E-state index contributed by atoms with van der Waals surface area (Å²) in [6.45, 7) is 0.799. The van der Waals surface area contributed by atoms with E-state index in [9.17, 15) is 0 Å². The monoisotopic (exact) mass is 450 g/mol. The number of aromatic nitrogens is 2. The maximum absolute atomic E-state index is 5.49. The third kappa shape index (κ3) is 6.90. The van der Waals surface area contributed by atoms with Gasteiger partial charge in [0.25, 0.3) is 0 Å². The van der Waals surface area contributed by atoms with E-state index in [1.807, 2.05) is 36.4 Å². The first-order chi connectivity index (χ1) is 16.7.